The van der Waals surface area contributed by atoms with Crippen molar-refractivity contribution in [2.75, 3.05) is 25.0 Å². The van der Waals surface area contributed by atoms with Gasteiger partial charge in [-0.15, -0.1) is 0 Å². The summed E-state index contributed by atoms with van der Waals surface area (Å²) in [6, 6.07) is 9.50. The molecule has 1 fully saturated rings. The van der Waals surface area contributed by atoms with E-state index in [9.17, 15) is 15.0 Å². The summed E-state index contributed by atoms with van der Waals surface area (Å²) < 4.78 is 0. The Morgan fingerprint density at radius 1 is 1.20 bits per heavy atom. The zero-order valence-electron chi connectivity index (χ0n) is 20.2. The van der Waals surface area contributed by atoms with Crippen molar-refractivity contribution >= 4 is 17.5 Å². The van der Waals surface area contributed by atoms with Crippen molar-refractivity contribution in [3.05, 3.63) is 65.1 Å². The van der Waals surface area contributed by atoms with Crippen LogP contribution in [0.1, 0.15) is 53.4 Å². The minimum absolute atomic E-state index is 0.0104. The maximum absolute atomic E-state index is 12.9. The Balaban J connectivity index is 1.34. The van der Waals surface area contributed by atoms with E-state index in [1.165, 1.54) is 0 Å². The average molecular weight is 474 g/mol. The van der Waals surface area contributed by atoms with Crippen molar-refractivity contribution < 1.29 is 15.0 Å². The predicted molar refractivity (Wildman–Crippen MR) is 134 cm³/mol. The second-order valence-electron chi connectivity index (χ2n) is 9.88. The van der Waals surface area contributed by atoms with Crippen molar-refractivity contribution in [2.24, 2.45) is 0 Å². The lowest BCUT2D eigenvalue weighted by molar-refractivity contribution is 0.0546. The Morgan fingerprint density at radius 2 is 2.00 bits per heavy atom. The SMILES string of the molecule is Cc1cc(C(=O)N2CCC(O)CC2)ccc1Nc1nccc(-c2cnc3c(c2)C(C)(CO)CC3)n1. The summed E-state index contributed by atoms with van der Waals surface area (Å²) in [6.07, 6.45) is 6.24. The molecule has 1 atom stereocenters. The molecule has 8 heteroatoms. The normalized spacial score (nSPS) is 20.1. The maximum Gasteiger partial charge on any atom is 0.253 e. The standard InChI is InChI=1S/C27H31N5O3/c1-17-13-18(25(35)32-11-7-20(34)8-12-32)3-4-22(17)30-26-28-10-6-23(31-26)19-14-21-24(29-15-19)5-9-27(21,2)16-33/h3-4,6,10,13-15,20,33-34H,5,7-9,11-12,16H2,1-2H3,(H,28,30,31). The summed E-state index contributed by atoms with van der Waals surface area (Å²) in [5.41, 5.74) is 5.88. The number of anilines is 2. The van der Waals surface area contributed by atoms with E-state index in [1.807, 2.05) is 37.4 Å². The number of fused-ring (bicyclic) bond motifs is 1. The number of aryl methyl sites for hydroxylation is 2. The number of nitrogens with one attached hydrogen (secondary N) is 1. The number of aliphatic hydroxyl groups is 2. The number of carbonyl (C=O) groups excluding carboxylic acids is 1. The Kier molecular flexibility index (Phi) is 6.25. The lowest BCUT2D eigenvalue weighted by Gasteiger charge is -2.29. The highest BCUT2D eigenvalue weighted by Gasteiger charge is 2.35. The minimum atomic E-state index is -0.310. The van der Waals surface area contributed by atoms with Crippen molar-refractivity contribution in [3.8, 4) is 11.3 Å². The number of carbonyl (C=O) groups is 1. The Morgan fingerprint density at radius 3 is 2.74 bits per heavy atom. The number of amides is 1. The van der Waals surface area contributed by atoms with Gasteiger partial charge in [0.1, 0.15) is 0 Å². The molecule has 1 unspecified atom stereocenters. The van der Waals surface area contributed by atoms with Crippen LogP contribution in [0.15, 0.2) is 42.7 Å². The topological polar surface area (TPSA) is 111 Å². The fourth-order valence-electron chi connectivity index (χ4n) is 4.94. The summed E-state index contributed by atoms with van der Waals surface area (Å²) >= 11 is 0. The molecular formula is C27H31N5O3. The van der Waals surface area contributed by atoms with Gasteiger partial charge in [0.05, 0.1) is 18.4 Å². The van der Waals surface area contributed by atoms with E-state index in [-0.39, 0.29) is 24.0 Å². The first-order valence-electron chi connectivity index (χ1n) is 12.1. The summed E-state index contributed by atoms with van der Waals surface area (Å²) in [6.45, 7) is 5.27. The fraction of sp³-hybridized carbons (Fsp3) is 0.407. The molecule has 3 aromatic rings. The molecule has 8 nitrogen and oxygen atoms in total. The van der Waals surface area contributed by atoms with E-state index >= 15 is 0 Å². The van der Waals surface area contributed by atoms with Gasteiger partial charge >= 0.3 is 0 Å². The van der Waals surface area contributed by atoms with Crippen LogP contribution in [0.25, 0.3) is 11.3 Å². The average Bonchev–Trinajstić information content (AvgIpc) is 3.22. The van der Waals surface area contributed by atoms with E-state index < -0.39 is 0 Å². The molecule has 1 amide bonds. The number of hydrogen-bond acceptors (Lipinski definition) is 7. The Labute approximate surface area is 205 Å². The van der Waals surface area contributed by atoms with Gasteiger partial charge in [-0.2, -0.15) is 0 Å². The zero-order valence-corrected chi connectivity index (χ0v) is 20.2. The number of rotatable bonds is 5. The highest BCUT2D eigenvalue weighted by molar-refractivity contribution is 5.95. The molecule has 35 heavy (non-hydrogen) atoms. The number of pyridine rings is 1. The first kappa shape index (κ1) is 23.4. The highest BCUT2D eigenvalue weighted by Crippen LogP contribution is 2.39. The molecular weight excluding hydrogens is 442 g/mol. The van der Waals surface area contributed by atoms with Gasteiger partial charge in [0, 0.05) is 53.4 Å². The second kappa shape index (κ2) is 9.36. The van der Waals surface area contributed by atoms with Crippen LogP contribution in [0, 0.1) is 6.92 Å². The lowest BCUT2D eigenvalue weighted by atomic mass is 9.85. The number of benzene rings is 1. The van der Waals surface area contributed by atoms with Crippen LogP contribution in [0.3, 0.4) is 0 Å². The van der Waals surface area contributed by atoms with Crippen molar-refractivity contribution in [1.82, 2.24) is 19.9 Å². The smallest absolute Gasteiger partial charge is 0.253 e. The number of hydrogen-bond donors (Lipinski definition) is 3. The van der Waals surface area contributed by atoms with Gasteiger partial charge in [-0.3, -0.25) is 9.78 Å². The van der Waals surface area contributed by atoms with E-state index in [2.05, 4.69) is 28.3 Å². The Bertz CT molecular complexity index is 1260. The third-order valence-electron chi connectivity index (χ3n) is 7.31. The molecule has 0 spiro atoms. The van der Waals surface area contributed by atoms with Gasteiger partial charge in [0.25, 0.3) is 5.91 Å². The second-order valence-corrected chi connectivity index (χ2v) is 9.88. The van der Waals surface area contributed by atoms with E-state index in [1.54, 1.807) is 11.1 Å². The van der Waals surface area contributed by atoms with Gasteiger partial charge in [-0.25, -0.2) is 9.97 Å². The Hall–Kier alpha value is -3.36. The molecule has 2 aliphatic rings. The molecule has 182 valence electrons. The van der Waals surface area contributed by atoms with Crippen LogP contribution in [0.5, 0.6) is 0 Å². The monoisotopic (exact) mass is 473 g/mol. The molecule has 1 saturated heterocycles. The summed E-state index contributed by atoms with van der Waals surface area (Å²) in [5, 5.41) is 22.9. The van der Waals surface area contributed by atoms with Gasteiger partial charge in [-0.1, -0.05) is 6.92 Å². The third kappa shape index (κ3) is 4.63. The van der Waals surface area contributed by atoms with E-state index in [0.29, 0.717) is 37.4 Å². The summed E-state index contributed by atoms with van der Waals surface area (Å²) in [7, 11) is 0. The molecule has 1 aliphatic carbocycles. The molecule has 0 radical (unpaired) electrons. The van der Waals surface area contributed by atoms with Gasteiger partial charge in [0.15, 0.2) is 0 Å². The molecule has 5 rings (SSSR count). The van der Waals surface area contributed by atoms with E-state index in [0.717, 1.165) is 46.6 Å². The van der Waals surface area contributed by atoms with E-state index in [4.69, 9.17) is 4.98 Å². The van der Waals surface area contributed by atoms with Gasteiger partial charge in [-0.05, 0) is 74.1 Å². The van der Waals surface area contributed by atoms with Gasteiger partial charge in [0.2, 0.25) is 5.95 Å². The summed E-state index contributed by atoms with van der Waals surface area (Å²) in [4.78, 5) is 28.4. The molecule has 0 bridgehead atoms. The van der Waals surface area contributed by atoms with Crippen LogP contribution in [0.4, 0.5) is 11.6 Å². The van der Waals surface area contributed by atoms with Gasteiger partial charge < -0.3 is 20.4 Å². The number of piperidine rings is 1. The molecule has 1 aromatic carbocycles. The van der Waals surface area contributed by atoms with Crippen molar-refractivity contribution in [2.45, 2.75) is 51.0 Å². The third-order valence-corrected chi connectivity index (χ3v) is 7.31. The zero-order chi connectivity index (χ0) is 24.6. The largest absolute Gasteiger partial charge is 0.395 e. The van der Waals surface area contributed by atoms with Crippen LogP contribution < -0.4 is 5.32 Å². The maximum atomic E-state index is 12.9. The molecule has 3 heterocycles. The first-order valence-corrected chi connectivity index (χ1v) is 12.1. The molecule has 0 saturated carbocycles. The molecule has 3 N–H and O–H groups in total. The molecule has 1 aliphatic heterocycles. The van der Waals surface area contributed by atoms with Crippen molar-refractivity contribution in [3.63, 3.8) is 0 Å². The quantitative estimate of drug-likeness (QED) is 0.521. The van der Waals surface area contributed by atoms with Crippen molar-refractivity contribution in [1.29, 1.82) is 0 Å². The lowest BCUT2D eigenvalue weighted by Crippen LogP contribution is -2.40. The minimum Gasteiger partial charge on any atom is -0.395 e. The van der Waals surface area contributed by atoms with Crippen LogP contribution >= 0.6 is 0 Å². The van der Waals surface area contributed by atoms with Crippen LogP contribution in [0.2, 0.25) is 0 Å². The van der Waals surface area contributed by atoms with Crippen LogP contribution in [-0.4, -0.2) is 61.8 Å². The highest BCUT2D eigenvalue weighted by atomic mass is 16.3. The number of nitrogens with zero attached hydrogens (tertiary/aromatic N) is 4. The first-order chi connectivity index (χ1) is 16.9. The number of aromatic nitrogens is 3. The summed E-state index contributed by atoms with van der Waals surface area (Å²) in [5.74, 6) is 0.448. The fourth-order valence-corrected chi connectivity index (χ4v) is 4.94. The van der Waals surface area contributed by atoms with Crippen LogP contribution in [-0.2, 0) is 11.8 Å². The predicted octanol–water partition coefficient (Wildman–Crippen LogP) is 3.38. The number of aliphatic hydroxyl groups excluding tert-OH is 2. The molecule has 2 aromatic heterocycles. The number of likely N-dealkylation sites (tertiary alicyclic amines) is 1.